The number of benzene rings is 1. The second kappa shape index (κ2) is 12.5. The fourth-order valence-electron chi connectivity index (χ4n) is 7.53. The molecule has 1 aromatic carbocycles. The second-order valence-electron chi connectivity index (χ2n) is 12.1. The fourth-order valence-corrected chi connectivity index (χ4v) is 7.53. The molecule has 4 rings (SSSR count). The van der Waals surface area contributed by atoms with Crippen LogP contribution in [0.1, 0.15) is 58.9 Å². The molecule has 1 N–H and O–H groups in total. The van der Waals surface area contributed by atoms with Gasteiger partial charge in [0, 0.05) is 12.6 Å². The highest BCUT2D eigenvalue weighted by molar-refractivity contribution is 5.99. The van der Waals surface area contributed by atoms with Crippen LogP contribution in [-0.4, -0.2) is 81.8 Å². The standard InChI is InChI=1S/C33H46N2O6/c1-7-10-18-40-31(39)27-26-29(37)35(25(21-36)19-24-15-12-11-13-16-24)28(33(26)20-22(4)32(27,6)41-33)30(38)34(17-9-3)23(5)14-8-2/h7,9,11-13,15-16,22-23,25-28,36H,1,3,8,10,14,17-21H2,2,4-6H3/t22?,23?,25-,26+,27-,28?,32+,33?/m1/s1. The number of ether oxygens (including phenoxy) is 2. The first-order valence-electron chi connectivity index (χ1n) is 15.0. The summed E-state index contributed by atoms with van der Waals surface area (Å²) in [5.74, 6) is -2.89. The lowest BCUT2D eigenvalue weighted by Gasteiger charge is -2.41. The van der Waals surface area contributed by atoms with Crippen LogP contribution < -0.4 is 0 Å². The molecule has 8 nitrogen and oxygen atoms in total. The summed E-state index contributed by atoms with van der Waals surface area (Å²) in [4.78, 5) is 46.2. The maximum absolute atomic E-state index is 14.7. The number of carbonyl (C=O) groups is 3. The highest BCUT2D eigenvalue weighted by atomic mass is 16.6. The Morgan fingerprint density at radius 3 is 2.59 bits per heavy atom. The summed E-state index contributed by atoms with van der Waals surface area (Å²) < 4.78 is 12.5. The topological polar surface area (TPSA) is 96.4 Å². The number of hydrogen-bond acceptors (Lipinski definition) is 6. The number of nitrogens with zero attached hydrogens (tertiary/aromatic N) is 2. The van der Waals surface area contributed by atoms with Crippen LogP contribution in [0.2, 0.25) is 0 Å². The molecule has 1 spiro atoms. The number of aliphatic hydroxyl groups is 1. The van der Waals surface area contributed by atoms with Crippen LogP contribution >= 0.6 is 0 Å². The molecular weight excluding hydrogens is 520 g/mol. The van der Waals surface area contributed by atoms with Crippen LogP contribution in [-0.2, 0) is 30.3 Å². The molecule has 0 aromatic heterocycles. The number of esters is 1. The van der Waals surface area contributed by atoms with Crippen LogP contribution in [0.3, 0.4) is 0 Å². The molecule has 2 amide bonds. The van der Waals surface area contributed by atoms with Crippen molar-refractivity contribution >= 4 is 17.8 Å². The first-order valence-corrected chi connectivity index (χ1v) is 15.0. The van der Waals surface area contributed by atoms with Crippen LogP contribution in [0.25, 0.3) is 0 Å². The summed E-state index contributed by atoms with van der Waals surface area (Å²) in [5.41, 5.74) is -1.23. The van der Waals surface area contributed by atoms with E-state index >= 15 is 0 Å². The number of fused-ring (bicyclic) bond motifs is 1. The molecule has 3 saturated heterocycles. The van der Waals surface area contributed by atoms with Gasteiger partial charge in [-0.3, -0.25) is 14.4 Å². The van der Waals surface area contributed by atoms with Gasteiger partial charge in [-0.2, -0.15) is 0 Å². The third-order valence-corrected chi connectivity index (χ3v) is 9.57. The van der Waals surface area contributed by atoms with Crippen LogP contribution in [0.5, 0.6) is 0 Å². The molecule has 8 atom stereocenters. The SMILES string of the molecule is C=CCCOC(=O)[C@H]1[C@H]2C(=O)N([C@@H](CO)Cc3ccccc3)C(C(=O)N(CC=C)C(C)CCC)C23CC(C)[C@]1(C)O3. The van der Waals surface area contributed by atoms with Gasteiger partial charge in [-0.05, 0) is 51.0 Å². The van der Waals surface area contributed by atoms with Gasteiger partial charge in [0.15, 0.2) is 0 Å². The van der Waals surface area contributed by atoms with Crippen LogP contribution in [0.4, 0.5) is 0 Å². The van der Waals surface area contributed by atoms with E-state index in [1.165, 1.54) is 0 Å². The highest BCUT2D eigenvalue weighted by Crippen LogP contribution is 2.65. The molecule has 224 valence electrons. The van der Waals surface area contributed by atoms with E-state index in [1.807, 2.05) is 51.1 Å². The molecule has 0 saturated carbocycles. The lowest BCUT2D eigenvalue weighted by Crippen LogP contribution is -2.60. The molecule has 3 heterocycles. The number of carbonyl (C=O) groups excluding carboxylic acids is 3. The Hall–Kier alpha value is -2.97. The van der Waals surface area contributed by atoms with Crippen molar-refractivity contribution < 1.29 is 29.0 Å². The zero-order valence-electron chi connectivity index (χ0n) is 25.0. The van der Waals surface area contributed by atoms with E-state index in [-0.39, 0.29) is 37.0 Å². The summed E-state index contributed by atoms with van der Waals surface area (Å²) in [6.07, 6.45) is 6.37. The average molecular weight is 567 g/mol. The molecular formula is C33H46N2O6. The van der Waals surface area contributed by atoms with Gasteiger partial charge >= 0.3 is 5.97 Å². The Kier molecular flexibility index (Phi) is 9.44. The quantitative estimate of drug-likeness (QED) is 0.208. The van der Waals surface area contributed by atoms with E-state index < -0.39 is 41.1 Å². The normalized spacial score (nSPS) is 31.4. The highest BCUT2D eigenvalue weighted by Gasteiger charge is 2.80. The fraction of sp³-hybridized carbons (Fsp3) is 0.606. The minimum Gasteiger partial charge on any atom is -0.465 e. The Bertz CT molecular complexity index is 1140. The Morgan fingerprint density at radius 1 is 1.27 bits per heavy atom. The Labute approximate surface area is 244 Å². The van der Waals surface area contributed by atoms with Crippen LogP contribution in [0, 0.1) is 17.8 Å². The van der Waals surface area contributed by atoms with Gasteiger partial charge in [0.2, 0.25) is 11.8 Å². The minimum absolute atomic E-state index is 0.0918. The van der Waals surface area contributed by atoms with Crippen molar-refractivity contribution in [1.82, 2.24) is 9.80 Å². The molecule has 1 aromatic rings. The molecule has 3 fully saturated rings. The summed E-state index contributed by atoms with van der Waals surface area (Å²) in [5, 5.41) is 10.7. The largest absolute Gasteiger partial charge is 0.465 e. The van der Waals surface area contributed by atoms with Crippen molar-refractivity contribution in [3.8, 4) is 0 Å². The molecule has 41 heavy (non-hydrogen) atoms. The smallest absolute Gasteiger partial charge is 0.312 e. The zero-order chi connectivity index (χ0) is 29.9. The maximum Gasteiger partial charge on any atom is 0.312 e. The monoisotopic (exact) mass is 566 g/mol. The maximum atomic E-state index is 14.7. The molecule has 3 aliphatic heterocycles. The zero-order valence-corrected chi connectivity index (χ0v) is 25.0. The third-order valence-electron chi connectivity index (χ3n) is 9.57. The van der Waals surface area contributed by atoms with Crippen molar-refractivity contribution in [2.24, 2.45) is 17.8 Å². The van der Waals surface area contributed by atoms with Crippen LogP contribution in [0.15, 0.2) is 55.6 Å². The van der Waals surface area contributed by atoms with Crippen molar-refractivity contribution in [2.45, 2.75) is 89.1 Å². The molecule has 0 radical (unpaired) electrons. The molecule has 8 heteroatoms. The second-order valence-corrected chi connectivity index (χ2v) is 12.1. The minimum atomic E-state index is -1.21. The van der Waals surface area contributed by atoms with Gasteiger partial charge in [0.1, 0.15) is 17.6 Å². The van der Waals surface area contributed by atoms with Gasteiger partial charge in [-0.1, -0.05) is 62.8 Å². The van der Waals surface area contributed by atoms with Crippen molar-refractivity contribution in [3.63, 3.8) is 0 Å². The number of aliphatic hydroxyl groups excluding tert-OH is 1. The lowest BCUT2D eigenvalue weighted by molar-refractivity contribution is -0.164. The van der Waals surface area contributed by atoms with Gasteiger partial charge < -0.3 is 24.4 Å². The predicted octanol–water partition coefficient (Wildman–Crippen LogP) is 3.92. The van der Waals surface area contributed by atoms with E-state index in [1.54, 1.807) is 22.0 Å². The predicted molar refractivity (Wildman–Crippen MR) is 157 cm³/mol. The molecule has 3 aliphatic rings. The summed E-state index contributed by atoms with van der Waals surface area (Å²) >= 11 is 0. The third kappa shape index (κ3) is 5.25. The molecule has 2 bridgehead atoms. The van der Waals surface area contributed by atoms with Gasteiger partial charge in [0.25, 0.3) is 0 Å². The average Bonchev–Trinajstić information content (AvgIpc) is 3.47. The van der Waals surface area contributed by atoms with E-state index in [0.29, 0.717) is 25.8 Å². The number of amides is 2. The number of rotatable bonds is 14. The molecule has 4 unspecified atom stereocenters. The summed E-state index contributed by atoms with van der Waals surface area (Å²) in [6, 6.07) is 7.86. The van der Waals surface area contributed by atoms with Crippen molar-refractivity contribution in [1.29, 1.82) is 0 Å². The summed E-state index contributed by atoms with van der Waals surface area (Å²) in [7, 11) is 0. The Balaban J connectivity index is 1.83. The van der Waals surface area contributed by atoms with Crippen molar-refractivity contribution in [2.75, 3.05) is 19.8 Å². The Morgan fingerprint density at radius 2 is 1.98 bits per heavy atom. The van der Waals surface area contributed by atoms with E-state index in [9.17, 15) is 19.5 Å². The summed E-state index contributed by atoms with van der Waals surface area (Å²) in [6.45, 7) is 15.7. The lowest BCUT2D eigenvalue weighted by atomic mass is 9.62. The van der Waals surface area contributed by atoms with Gasteiger partial charge in [-0.25, -0.2) is 0 Å². The van der Waals surface area contributed by atoms with E-state index in [4.69, 9.17) is 9.47 Å². The molecule has 0 aliphatic carbocycles. The van der Waals surface area contributed by atoms with Gasteiger partial charge in [-0.15, -0.1) is 13.2 Å². The first kappa shape index (κ1) is 31.0. The van der Waals surface area contributed by atoms with E-state index in [2.05, 4.69) is 20.1 Å². The van der Waals surface area contributed by atoms with Crippen molar-refractivity contribution in [3.05, 3.63) is 61.2 Å². The number of likely N-dealkylation sites (tertiary alicyclic amines) is 1. The van der Waals surface area contributed by atoms with Gasteiger partial charge in [0.05, 0.1) is 30.8 Å². The van der Waals surface area contributed by atoms with E-state index in [0.717, 1.165) is 18.4 Å². The number of hydrogen-bond donors (Lipinski definition) is 1. The first-order chi connectivity index (χ1) is 19.6.